The molecule has 0 radical (unpaired) electrons. The van der Waals surface area contributed by atoms with Crippen LogP contribution in [0.5, 0.6) is 0 Å². The van der Waals surface area contributed by atoms with E-state index in [1.54, 1.807) is 0 Å². The third-order valence-corrected chi connectivity index (χ3v) is 5.06. The Bertz CT molecular complexity index is 863. The molecule has 1 aromatic heterocycles. The first kappa shape index (κ1) is 14.1. The van der Waals surface area contributed by atoms with Crippen LogP contribution in [0.2, 0.25) is 0 Å². The monoisotopic (exact) mass is 307 g/mol. The number of imidazole rings is 1. The minimum atomic E-state index is 1.13. The molecule has 4 heteroatoms. The number of fused-ring (bicyclic) bond motifs is 2. The second-order valence-electron chi connectivity index (χ2n) is 6.34. The zero-order chi connectivity index (χ0) is 16.1. The predicted octanol–water partition coefficient (Wildman–Crippen LogP) is 1.09. The predicted molar refractivity (Wildman–Crippen MR) is 95.2 cm³/mol. The fourth-order valence-corrected chi connectivity index (χ4v) is 3.74. The molecule has 0 atom stereocenters. The molecule has 0 bridgehead atoms. The maximum atomic E-state index is 2.34. The zero-order valence-electron chi connectivity index (χ0n) is 14.2. The summed E-state index contributed by atoms with van der Waals surface area (Å²) in [5.74, 6) is 2.41. The van der Waals surface area contributed by atoms with Gasteiger partial charge >= 0.3 is 0 Å². The fourth-order valence-electron chi connectivity index (χ4n) is 3.74. The molecule has 0 amide bonds. The van der Waals surface area contributed by atoms with Crippen molar-refractivity contribution in [1.29, 1.82) is 0 Å². The van der Waals surface area contributed by atoms with E-state index in [0.29, 0.717) is 0 Å². The van der Waals surface area contributed by atoms with Crippen LogP contribution in [-0.2, 0) is 14.1 Å². The van der Waals surface area contributed by atoms with Crippen molar-refractivity contribution in [3.05, 3.63) is 46.6 Å². The Morgan fingerprint density at radius 1 is 0.957 bits per heavy atom. The van der Waals surface area contributed by atoms with E-state index in [0.717, 1.165) is 12.8 Å². The van der Waals surface area contributed by atoms with E-state index in [1.807, 2.05) is 0 Å². The summed E-state index contributed by atoms with van der Waals surface area (Å²) in [6.07, 6.45) is 9.22. The zero-order valence-corrected chi connectivity index (χ0v) is 14.2. The molecule has 2 aliphatic rings. The molecule has 4 nitrogen and oxygen atoms in total. The molecule has 2 aromatic rings. The maximum Gasteiger partial charge on any atom is 0.285 e. The minimum absolute atomic E-state index is 1.13. The third-order valence-electron chi connectivity index (χ3n) is 5.06. The van der Waals surface area contributed by atoms with Gasteiger partial charge < -0.3 is 9.80 Å². The number of anilines is 2. The Kier molecular flexibility index (Phi) is 3.08. The lowest BCUT2D eigenvalue weighted by molar-refractivity contribution is -0.685. The smallest absolute Gasteiger partial charge is 0.285 e. The number of benzene rings is 1. The van der Waals surface area contributed by atoms with E-state index in [9.17, 15) is 0 Å². The van der Waals surface area contributed by atoms with Crippen LogP contribution in [0.4, 0.5) is 11.4 Å². The summed E-state index contributed by atoms with van der Waals surface area (Å²) in [6.45, 7) is 0. The Morgan fingerprint density at radius 3 is 2.17 bits per heavy atom. The highest BCUT2D eigenvalue weighted by Crippen LogP contribution is 2.39. The maximum absolute atomic E-state index is 2.34. The first-order valence-electron chi connectivity index (χ1n) is 8.13. The van der Waals surface area contributed by atoms with Gasteiger partial charge in [-0.15, -0.1) is 0 Å². The number of hydrogen-bond donors (Lipinski definition) is 0. The molecular formula is C19H23N4+. The van der Waals surface area contributed by atoms with Gasteiger partial charge in [-0.1, -0.05) is 12.1 Å². The first-order valence-corrected chi connectivity index (χ1v) is 8.13. The molecule has 1 aliphatic heterocycles. The van der Waals surface area contributed by atoms with E-state index in [4.69, 9.17) is 0 Å². The Balaban J connectivity index is 1.89. The summed E-state index contributed by atoms with van der Waals surface area (Å²) in [6, 6.07) is 8.53. The largest absolute Gasteiger partial charge is 0.329 e. The van der Waals surface area contributed by atoms with Gasteiger partial charge in [-0.05, 0) is 37.1 Å². The lowest BCUT2D eigenvalue weighted by Crippen LogP contribution is -2.51. The van der Waals surface area contributed by atoms with Gasteiger partial charge in [0.2, 0.25) is 0 Å². The second-order valence-corrected chi connectivity index (χ2v) is 6.34. The highest BCUT2D eigenvalue weighted by molar-refractivity contribution is 5.84. The van der Waals surface area contributed by atoms with Crippen molar-refractivity contribution in [2.45, 2.75) is 12.8 Å². The van der Waals surface area contributed by atoms with Gasteiger partial charge in [0.1, 0.15) is 5.82 Å². The molecule has 4 rings (SSSR count). The molecular weight excluding hydrogens is 284 g/mol. The fraction of sp³-hybridized carbons (Fsp3) is 0.316. The minimum Gasteiger partial charge on any atom is -0.329 e. The van der Waals surface area contributed by atoms with Gasteiger partial charge in [0, 0.05) is 14.1 Å². The lowest BCUT2D eigenvalue weighted by Gasteiger charge is -2.17. The molecule has 118 valence electrons. The lowest BCUT2D eigenvalue weighted by atomic mass is 10.2. The Hall–Kier alpha value is -2.49. The summed E-state index contributed by atoms with van der Waals surface area (Å²) >= 11 is 0. The summed E-state index contributed by atoms with van der Waals surface area (Å²) in [5.41, 5.74) is 2.50. The van der Waals surface area contributed by atoms with Crippen molar-refractivity contribution in [2.75, 3.05) is 23.9 Å². The van der Waals surface area contributed by atoms with Gasteiger partial charge in [-0.2, -0.15) is 0 Å². The van der Waals surface area contributed by atoms with Crippen LogP contribution in [0.25, 0.3) is 18.2 Å². The average Bonchev–Trinajstić information content (AvgIpc) is 2.97. The van der Waals surface area contributed by atoms with Crippen LogP contribution in [0.1, 0.15) is 18.7 Å². The highest BCUT2D eigenvalue weighted by atomic mass is 15.4. The van der Waals surface area contributed by atoms with Crippen LogP contribution in [0.15, 0.2) is 30.1 Å². The molecule has 23 heavy (non-hydrogen) atoms. The number of rotatable bonds is 1. The van der Waals surface area contributed by atoms with Crippen LogP contribution >= 0.6 is 0 Å². The van der Waals surface area contributed by atoms with Crippen LogP contribution in [0.3, 0.4) is 0 Å². The van der Waals surface area contributed by atoms with Crippen molar-refractivity contribution in [3.8, 4) is 0 Å². The van der Waals surface area contributed by atoms with Gasteiger partial charge in [0.25, 0.3) is 5.82 Å². The summed E-state index contributed by atoms with van der Waals surface area (Å²) in [4.78, 5) is 4.52. The van der Waals surface area contributed by atoms with E-state index >= 15 is 0 Å². The van der Waals surface area contributed by atoms with Crippen molar-refractivity contribution >= 4 is 29.6 Å². The normalized spacial score (nSPS) is 15.9. The van der Waals surface area contributed by atoms with Crippen molar-refractivity contribution in [1.82, 2.24) is 4.57 Å². The van der Waals surface area contributed by atoms with Gasteiger partial charge in [-0.25, -0.2) is 9.13 Å². The van der Waals surface area contributed by atoms with Crippen LogP contribution in [-0.4, -0.2) is 18.7 Å². The molecule has 0 saturated heterocycles. The molecule has 0 spiro atoms. The number of aromatic nitrogens is 2. The molecule has 0 saturated carbocycles. The molecule has 1 aliphatic carbocycles. The molecule has 0 N–H and O–H groups in total. The average molecular weight is 307 g/mol. The quantitative estimate of drug-likeness (QED) is 0.733. The molecule has 0 fully saturated rings. The van der Waals surface area contributed by atoms with Crippen molar-refractivity contribution in [2.24, 2.45) is 14.1 Å². The SMILES string of the molecule is CN1C(=Cc2n(C)c3c([n+]2C)=CCCC=3)N(C)c2ccccc21. The molecule has 1 aromatic carbocycles. The molecule has 2 heterocycles. The number of hydrogen-bond acceptors (Lipinski definition) is 2. The standard InChI is InChI=1S/C19H23N4/c1-20-14-9-5-6-10-15(14)21(2)18(20)13-19-22(3)16-11-7-8-12-17(16)23(19)4/h5-6,9-13H,7-8H2,1-4H3/q+1. The van der Waals surface area contributed by atoms with E-state index in [1.165, 1.54) is 33.7 Å². The van der Waals surface area contributed by atoms with Gasteiger partial charge in [0.15, 0.2) is 10.7 Å². The van der Waals surface area contributed by atoms with Gasteiger partial charge in [-0.3, -0.25) is 0 Å². The van der Waals surface area contributed by atoms with Crippen molar-refractivity contribution < 1.29 is 4.57 Å². The summed E-state index contributed by atoms with van der Waals surface area (Å²) in [7, 11) is 8.58. The summed E-state index contributed by atoms with van der Waals surface area (Å²) in [5, 5.41) is 2.65. The Morgan fingerprint density at radius 2 is 1.57 bits per heavy atom. The first-order chi connectivity index (χ1) is 11.1. The van der Waals surface area contributed by atoms with Gasteiger partial charge in [0.05, 0.1) is 31.5 Å². The van der Waals surface area contributed by atoms with Crippen LogP contribution in [0, 0.1) is 0 Å². The van der Waals surface area contributed by atoms with Crippen molar-refractivity contribution in [3.63, 3.8) is 0 Å². The topological polar surface area (TPSA) is 15.3 Å². The number of para-hydroxylation sites is 2. The van der Waals surface area contributed by atoms with E-state index in [-0.39, 0.29) is 0 Å². The van der Waals surface area contributed by atoms with E-state index in [2.05, 4.69) is 89.6 Å². The third kappa shape index (κ3) is 1.94. The highest BCUT2D eigenvalue weighted by Gasteiger charge is 2.28. The Labute approximate surface area is 136 Å². The van der Waals surface area contributed by atoms with Crippen LogP contribution < -0.4 is 25.1 Å². The van der Waals surface area contributed by atoms with E-state index < -0.39 is 0 Å². The second kappa shape index (κ2) is 5.01. The molecule has 0 unspecified atom stereocenters. The number of nitrogens with zero attached hydrogens (tertiary/aromatic N) is 4. The summed E-state index contributed by atoms with van der Waals surface area (Å²) < 4.78 is 4.59.